The lowest BCUT2D eigenvalue weighted by atomic mass is 9.74. The first-order chi connectivity index (χ1) is 19.8. The molecular weight excluding hydrogens is 534 g/mol. The van der Waals surface area contributed by atoms with Crippen molar-refractivity contribution in [2.24, 2.45) is 11.8 Å². The van der Waals surface area contributed by atoms with Crippen molar-refractivity contribution in [2.75, 3.05) is 37.7 Å². The summed E-state index contributed by atoms with van der Waals surface area (Å²) < 4.78 is -1.44. The molecule has 0 aliphatic carbocycles. The predicted octanol–water partition coefficient (Wildman–Crippen LogP) is 4.40. The summed E-state index contributed by atoms with van der Waals surface area (Å²) in [5.74, 6) is -1.34. The van der Waals surface area contributed by atoms with Gasteiger partial charge in [-0.25, -0.2) is 0 Å². The second-order valence-corrected chi connectivity index (χ2v) is 13.7. The molecular formula is C33H39N3O4S. The second kappa shape index (κ2) is 11.0. The van der Waals surface area contributed by atoms with Crippen LogP contribution in [0.5, 0.6) is 0 Å². The fourth-order valence-corrected chi connectivity index (χ4v) is 9.59. The van der Waals surface area contributed by atoms with Crippen molar-refractivity contribution in [2.45, 2.75) is 55.1 Å². The number of unbranched alkanes of at least 4 members (excludes halogenated alkanes) is 2. The Kier molecular flexibility index (Phi) is 7.49. The average Bonchev–Trinajstić information content (AvgIpc) is 3.23. The zero-order chi connectivity index (χ0) is 28.8. The molecule has 1 spiro atoms. The van der Waals surface area contributed by atoms with Gasteiger partial charge in [0, 0.05) is 43.2 Å². The quantitative estimate of drug-likeness (QED) is 0.374. The summed E-state index contributed by atoms with van der Waals surface area (Å²) in [6.45, 7) is 6.26. The smallest absolute Gasteiger partial charge is 0.251 e. The van der Waals surface area contributed by atoms with Crippen molar-refractivity contribution in [1.29, 1.82) is 0 Å². The molecule has 5 atom stereocenters. The van der Waals surface area contributed by atoms with Gasteiger partial charge in [-0.3, -0.25) is 14.4 Å². The molecule has 8 heteroatoms. The van der Waals surface area contributed by atoms with Gasteiger partial charge in [-0.2, -0.15) is 0 Å². The van der Waals surface area contributed by atoms with Crippen LogP contribution in [0.2, 0.25) is 0 Å². The van der Waals surface area contributed by atoms with Crippen molar-refractivity contribution in [3.05, 3.63) is 66.8 Å². The highest BCUT2D eigenvalue weighted by Crippen LogP contribution is 2.65. The molecule has 0 aromatic heterocycles. The van der Waals surface area contributed by atoms with E-state index < -0.39 is 27.4 Å². The predicted molar refractivity (Wildman–Crippen MR) is 164 cm³/mol. The summed E-state index contributed by atoms with van der Waals surface area (Å²) in [4.78, 5) is 48.7. The number of thioether (sulfide) groups is 1. The van der Waals surface area contributed by atoms with Gasteiger partial charge in [0.2, 0.25) is 11.8 Å². The molecule has 2 aromatic carbocycles. The number of amides is 3. The summed E-state index contributed by atoms with van der Waals surface area (Å²) in [7, 11) is 0. The molecule has 41 heavy (non-hydrogen) atoms. The number of hydrogen-bond donors (Lipinski definition) is 1. The summed E-state index contributed by atoms with van der Waals surface area (Å²) in [6.07, 6.45) is 11.3. The molecule has 4 aliphatic heterocycles. The molecule has 6 rings (SSSR count). The maximum absolute atomic E-state index is 14.7. The number of carbonyl (C=O) groups is 3. The summed E-state index contributed by atoms with van der Waals surface area (Å²) in [5.41, 5.74) is 0.806. The highest BCUT2D eigenvalue weighted by Gasteiger charge is 2.73. The van der Waals surface area contributed by atoms with E-state index in [1.165, 1.54) is 0 Å². The zero-order valence-corrected chi connectivity index (χ0v) is 24.7. The van der Waals surface area contributed by atoms with Crippen molar-refractivity contribution < 1.29 is 19.5 Å². The van der Waals surface area contributed by atoms with Gasteiger partial charge >= 0.3 is 0 Å². The SMILES string of the molecule is CCCN1CC=C[C@@]2(C)S[C@]34C=CCN(c5ccc6ccccc6c5)C(=O)C3N(CCCCCO)C(=O)[C@@H]4[C@H]2C1=O. The third-order valence-electron chi connectivity index (χ3n) is 9.24. The molecule has 0 bridgehead atoms. The molecule has 2 fully saturated rings. The average molecular weight is 574 g/mol. The highest BCUT2D eigenvalue weighted by atomic mass is 32.2. The molecule has 216 valence electrons. The van der Waals surface area contributed by atoms with Gasteiger partial charge in [0.05, 0.1) is 16.6 Å². The van der Waals surface area contributed by atoms with E-state index in [2.05, 4.69) is 38.1 Å². The van der Waals surface area contributed by atoms with Gasteiger partial charge in [0.15, 0.2) is 0 Å². The fraction of sp³-hybridized carbons (Fsp3) is 0.485. The van der Waals surface area contributed by atoms with E-state index in [-0.39, 0.29) is 24.3 Å². The van der Waals surface area contributed by atoms with Gasteiger partial charge in [-0.15, -0.1) is 11.8 Å². The van der Waals surface area contributed by atoms with Crippen LogP contribution in [0.3, 0.4) is 0 Å². The highest BCUT2D eigenvalue weighted by molar-refractivity contribution is 8.02. The van der Waals surface area contributed by atoms with Crippen LogP contribution in [-0.2, 0) is 14.4 Å². The van der Waals surface area contributed by atoms with Crippen LogP contribution in [0.15, 0.2) is 66.8 Å². The Hall–Kier alpha value is -3.10. The number of aliphatic hydroxyl groups is 1. The van der Waals surface area contributed by atoms with Crippen molar-refractivity contribution in [1.82, 2.24) is 9.80 Å². The Morgan fingerprint density at radius 2 is 1.66 bits per heavy atom. The molecule has 1 unspecified atom stereocenters. The van der Waals surface area contributed by atoms with Gasteiger partial charge in [-0.05, 0) is 55.5 Å². The number of aliphatic hydroxyl groups excluding tert-OH is 1. The number of nitrogens with zero attached hydrogens (tertiary/aromatic N) is 3. The maximum atomic E-state index is 14.7. The Labute approximate surface area is 246 Å². The van der Waals surface area contributed by atoms with Gasteiger partial charge in [0.1, 0.15) is 6.04 Å². The summed E-state index contributed by atoms with van der Waals surface area (Å²) in [5, 5.41) is 11.5. The van der Waals surface area contributed by atoms with Crippen LogP contribution in [0.25, 0.3) is 10.8 Å². The van der Waals surface area contributed by atoms with Crippen LogP contribution in [0.4, 0.5) is 5.69 Å². The lowest BCUT2D eigenvalue weighted by Crippen LogP contribution is -2.53. The molecule has 0 saturated carbocycles. The van der Waals surface area contributed by atoms with Gasteiger partial charge in [-0.1, -0.05) is 61.6 Å². The number of rotatable bonds is 8. The van der Waals surface area contributed by atoms with Crippen LogP contribution in [0.1, 0.15) is 39.5 Å². The number of likely N-dealkylation sites (tertiary alicyclic amines) is 1. The molecule has 4 heterocycles. The first kappa shape index (κ1) is 28.0. The minimum Gasteiger partial charge on any atom is -0.396 e. The monoisotopic (exact) mass is 573 g/mol. The van der Waals surface area contributed by atoms with Crippen LogP contribution in [-0.4, -0.2) is 80.9 Å². The van der Waals surface area contributed by atoms with E-state index >= 15 is 0 Å². The van der Waals surface area contributed by atoms with Crippen molar-refractivity contribution in [3.63, 3.8) is 0 Å². The maximum Gasteiger partial charge on any atom is 0.251 e. The zero-order valence-electron chi connectivity index (χ0n) is 23.9. The Bertz CT molecular complexity index is 1420. The topological polar surface area (TPSA) is 81.2 Å². The minimum atomic E-state index is -0.842. The molecule has 4 aliphatic rings. The number of anilines is 1. The Balaban J connectivity index is 1.43. The first-order valence-corrected chi connectivity index (χ1v) is 15.7. The van der Waals surface area contributed by atoms with Gasteiger partial charge < -0.3 is 19.8 Å². The second-order valence-electron chi connectivity index (χ2n) is 11.9. The standard InChI is InChI=1S/C33H39N3O4S/c1-3-17-34-18-9-15-32(2)26(29(34)38)27-30(39)36(19-7-4-8-21-37)28-31(40)35(20-10-16-33(27,28)41-32)25-14-13-23-11-5-6-12-24(23)22-25/h5-6,9-16,22,26-28,37H,3-4,7-8,17-21H2,1-2H3/t26-,27-,28?,32+,33-/m0/s1. The molecule has 2 aromatic rings. The van der Waals surface area contributed by atoms with E-state index in [9.17, 15) is 19.5 Å². The number of benzene rings is 2. The van der Waals surface area contributed by atoms with Crippen LogP contribution in [0, 0.1) is 11.8 Å². The Morgan fingerprint density at radius 1 is 0.878 bits per heavy atom. The summed E-state index contributed by atoms with van der Waals surface area (Å²) in [6, 6.07) is 13.4. The lowest BCUT2D eigenvalue weighted by molar-refractivity contribution is -0.143. The normalized spacial score (nSPS) is 31.0. The molecule has 2 saturated heterocycles. The Morgan fingerprint density at radius 3 is 2.44 bits per heavy atom. The molecule has 0 radical (unpaired) electrons. The van der Waals surface area contributed by atoms with E-state index in [1.807, 2.05) is 47.4 Å². The summed E-state index contributed by atoms with van der Waals surface area (Å²) >= 11 is 1.63. The van der Waals surface area contributed by atoms with Crippen LogP contribution < -0.4 is 4.90 Å². The van der Waals surface area contributed by atoms with Crippen molar-refractivity contribution >= 4 is 45.9 Å². The van der Waals surface area contributed by atoms with E-state index in [1.54, 1.807) is 21.6 Å². The van der Waals surface area contributed by atoms with Gasteiger partial charge in [0.25, 0.3) is 5.91 Å². The van der Waals surface area contributed by atoms with E-state index in [4.69, 9.17) is 0 Å². The number of carbonyl (C=O) groups excluding carboxylic acids is 3. The fourth-order valence-electron chi connectivity index (χ4n) is 7.43. The minimum absolute atomic E-state index is 0.0134. The van der Waals surface area contributed by atoms with E-state index in [0.717, 1.165) is 29.3 Å². The lowest BCUT2D eigenvalue weighted by Gasteiger charge is -2.37. The molecule has 1 N–H and O–H groups in total. The van der Waals surface area contributed by atoms with Crippen molar-refractivity contribution in [3.8, 4) is 0 Å². The molecule has 3 amide bonds. The third kappa shape index (κ3) is 4.50. The van der Waals surface area contributed by atoms with E-state index in [0.29, 0.717) is 39.0 Å². The number of fused-ring (bicyclic) bond motifs is 3. The largest absolute Gasteiger partial charge is 0.396 e. The number of hydrogen-bond acceptors (Lipinski definition) is 5. The first-order valence-electron chi connectivity index (χ1n) is 14.9. The third-order valence-corrected chi connectivity index (χ3v) is 11.0. The van der Waals surface area contributed by atoms with Crippen LogP contribution >= 0.6 is 11.8 Å². The molecule has 7 nitrogen and oxygen atoms in total.